The van der Waals surface area contributed by atoms with Crippen molar-refractivity contribution in [2.75, 3.05) is 7.11 Å². The number of methoxy groups -OCH3 is 1. The summed E-state index contributed by atoms with van der Waals surface area (Å²) in [5.41, 5.74) is 2.12. The summed E-state index contributed by atoms with van der Waals surface area (Å²) in [6.07, 6.45) is 0. The summed E-state index contributed by atoms with van der Waals surface area (Å²) in [5.74, 6) is -0.580. The Morgan fingerprint density at radius 2 is 1.96 bits per heavy atom. The zero-order valence-electron chi connectivity index (χ0n) is 13.8. The van der Waals surface area contributed by atoms with Crippen molar-refractivity contribution < 1.29 is 36.2 Å². The van der Waals surface area contributed by atoms with Crippen molar-refractivity contribution in [1.29, 1.82) is 0 Å². The van der Waals surface area contributed by atoms with Crippen molar-refractivity contribution in [2.45, 2.75) is 32.7 Å². The van der Waals surface area contributed by atoms with Crippen molar-refractivity contribution >= 4 is 11.9 Å². The number of halogens is 1. The smallest absolute Gasteiger partial charge is 0.398 e. The molecule has 8 heteroatoms. The van der Waals surface area contributed by atoms with Gasteiger partial charge < -0.3 is 21.9 Å². The number of aromatic amines is 1. The van der Waals surface area contributed by atoms with Gasteiger partial charge in [0.25, 0.3) is 5.69 Å². The minimum Gasteiger partial charge on any atom is -1.00 e. The second-order valence-electron chi connectivity index (χ2n) is 6.46. The lowest BCUT2D eigenvalue weighted by atomic mass is 9.85. The maximum atomic E-state index is 11.7. The maximum Gasteiger partial charge on any atom is 0.398 e. The van der Waals surface area contributed by atoms with Crippen molar-refractivity contribution in [3.63, 3.8) is 0 Å². The zero-order valence-corrected chi connectivity index (χ0v) is 14.6. The molecule has 0 unspecified atom stereocenters. The molecule has 0 saturated carbocycles. The van der Waals surface area contributed by atoms with E-state index in [2.05, 4.69) is 35.8 Å². The number of carbonyl (C=O) groups excluding carboxylic acids is 2. The van der Waals surface area contributed by atoms with Crippen LogP contribution in [-0.2, 0) is 16.7 Å². The molecule has 1 aliphatic heterocycles. The number of fused-ring (bicyclic) bond motifs is 1. The monoisotopic (exact) mass is 351 g/mol. The number of rotatable bonds is 3. The summed E-state index contributed by atoms with van der Waals surface area (Å²) in [4.78, 5) is 23.2. The van der Waals surface area contributed by atoms with E-state index in [1.54, 1.807) is 7.11 Å². The van der Waals surface area contributed by atoms with Gasteiger partial charge in [0.05, 0.1) is 12.2 Å². The third kappa shape index (κ3) is 2.99. The summed E-state index contributed by atoms with van der Waals surface area (Å²) < 4.78 is 11.5. The lowest BCUT2D eigenvalue weighted by Crippen LogP contribution is -3.00. The van der Waals surface area contributed by atoms with E-state index in [0.717, 1.165) is 16.9 Å². The molecule has 3 rings (SSSR count). The molecule has 2 aromatic rings. The Morgan fingerprint density at radius 3 is 2.58 bits per heavy atom. The van der Waals surface area contributed by atoms with Crippen LogP contribution < -0.4 is 21.8 Å². The molecule has 2 heterocycles. The Bertz CT molecular complexity index is 808. The number of hydrogen-bond donors (Lipinski definition) is 1. The molecule has 128 valence electrons. The van der Waals surface area contributed by atoms with Gasteiger partial charge in [-0.3, -0.25) is 0 Å². The van der Waals surface area contributed by atoms with Gasteiger partial charge >= 0.3 is 17.6 Å². The second kappa shape index (κ2) is 6.24. The van der Waals surface area contributed by atoms with E-state index in [0.29, 0.717) is 6.54 Å². The number of cyclic esters (lactones) is 2. The molecule has 0 bridgehead atoms. The first-order valence-corrected chi connectivity index (χ1v) is 7.23. The molecule has 0 atom stereocenters. The van der Waals surface area contributed by atoms with E-state index in [1.807, 2.05) is 18.2 Å². The number of aromatic nitrogens is 3. The average Bonchev–Trinajstić information content (AvgIpc) is 3.01. The van der Waals surface area contributed by atoms with Crippen LogP contribution in [0.3, 0.4) is 0 Å². The highest BCUT2D eigenvalue weighted by Crippen LogP contribution is 2.32. The molecule has 1 aromatic carbocycles. The van der Waals surface area contributed by atoms with Gasteiger partial charge in [-0.25, -0.2) is 9.59 Å². The summed E-state index contributed by atoms with van der Waals surface area (Å²) in [5, 5.41) is 6.53. The fraction of sp³-hybridized carbons (Fsp3) is 0.375. The maximum absolute atomic E-state index is 11.7. The van der Waals surface area contributed by atoms with Crippen LogP contribution in [0.25, 0.3) is 0 Å². The highest BCUT2D eigenvalue weighted by molar-refractivity contribution is 6.11. The largest absolute Gasteiger partial charge is 1.00 e. The number of nitrogens with zero attached hydrogens (tertiary/aromatic N) is 2. The van der Waals surface area contributed by atoms with Crippen LogP contribution in [0.2, 0.25) is 0 Å². The van der Waals surface area contributed by atoms with Crippen LogP contribution in [0.4, 0.5) is 0 Å². The standard InChI is InChI=1S/C16H17N3O4.ClH/c1-16(2,3)10-7-9(5-6-11(10)22-4)8-19-13-12(17-18-19)14(20)23-15(13)21;/h5-7H,8H2,1-4H3;1H. The van der Waals surface area contributed by atoms with E-state index >= 15 is 0 Å². The number of benzene rings is 1. The highest BCUT2D eigenvalue weighted by Gasteiger charge is 2.43. The lowest BCUT2D eigenvalue weighted by Gasteiger charge is -2.22. The molecule has 0 radical (unpaired) electrons. The molecular weight excluding hydrogens is 334 g/mol. The van der Waals surface area contributed by atoms with E-state index < -0.39 is 11.9 Å². The van der Waals surface area contributed by atoms with Crippen LogP contribution in [0.15, 0.2) is 18.2 Å². The molecule has 1 aliphatic rings. The highest BCUT2D eigenvalue weighted by atomic mass is 35.5. The topological polar surface area (TPSA) is 85.2 Å². The Kier molecular flexibility index (Phi) is 4.66. The van der Waals surface area contributed by atoms with Crippen LogP contribution in [-0.4, -0.2) is 29.4 Å². The minimum atomic E-state index is -0.717. The molecular formula is C16H18ClN3O4. The normalized spacial score (nSPS) is 13.3. The fourth-order valence-corrected chi connectivity index (χ4v) is 2.61. The van der Waals surface area contributed by atoms with Gasteiger partial charge in [0, 0.05) is 0 Å². The molecule has 7 nitrogen and oxygen atoms in total. The van der Waals surface area contributed by atoms with Crippen molar-refractivity contribution in [2.24, 2.45) is 0 Å². The lowest BCUT2D eigenvalue weighted by molar-refractivity contribution is -0.747. The predicted molar refractivity (Wildman–Crippen MR) is 79.3 cm³/mol. The zero-order chi connectivity index (χ0) is 16.8. The molecule has 0 aliphatic carbocycles. The van der Waals surface area contributed by atoms with Crippen molar-refractivity contribution in [3.05, 3.63) is 40.7 Å². The Hall–Kier alpha value is -2.41. The number of H-pyrrole nitrogens is 1. The van der Waals surface area contributed by atoms with Gasteiger partial charge in [0.2, 0.25) is 0 Å². The molecule has 24 heavy (non-hydrogen) atoms. The van der Waals surface area contributed by atoms with Gasteiger partial charge in [-0.15, -0.1) is 4.68 Å². The fourth-order valence-electron chi connectivity index (χ4n) is 2.61. The van der Waals surface area contributed by atoms with Crippen molar-refractivity contribution in [3.8, 4) is 5.75 Å². The number of carbonyl (C=O) groups is 2. The summed E-state index contributed by atoms with van der Waals surface area (Å²) in [6, 6.07) is 5.84. The molecule has 1 aromatic heterocycles. The second-order valence-corrected chi connectivity index (χ2v) is 6.46. The first-order chi connectivity index (χ1) is 10.8. The first kappa shape index (κ1) is 17.9. The van der Waals surface area contributed by atoms with Crippen molar-refractivity contribution in [1.82, 2.24) is 10.3 Å². The van der Waals surface area contributed by atoms with Gasteiger partial charge in [-0.05, 0) is 28.7 Å². The van der Waals surface area contributed by atoms with E-state index in [4.69, 9.17) is 4.74 Å². The molecule has 0 fully saturated rings. The Balaban J connectivity index is 0.00000208. The number of esters is 2. The van der Waals surface area contributed by atoms with E-state index in [-0.39, 0.29) is 29.2 Å². The number of nitrogens with one attached hydrogen (secondary N) is 1. The summed E-state index contributed by atoms with van der Waals surface area (Å²) in [6.45, 7) is 6.68. The van der Waals surface area contributed by atoms with Gasteiger partial charge in [0.15, 0.2) is 0 Å². The minimum absolute atomic E-state index is 0. The van der Waals surface area contributed by atoms with Gasteiger partial charge in [0.1, 0.15) is 12.3 Å². The summed E-state index contributed by atoms with van der Waals surface area (Å²) >= 11 is 0. The molecule has 0 spiro atoms. The Labute approximate surface area is 145 Å². The van der Waals surface area contributed by atoms with Crippen LogP contribution in [0, 0.1) is 0 Å². The third-order valence-electron chi connectivity index (χ3n) is 3.76. The van der Waals surface area contributed by atoms with Crippen LogP contribution >= 0.6 is 0 Å². The third-order valence-corrected chi connectivity index (χ3v) is 3.76. The quantitative estimate of drug-likeness (QED) is 0.407. The van der Waals surface area contributed by atoms with Crippen LogP contribution in [0.1, 0.15) is 52.9 Å². The number of hydrogen-bond acceptors (Lipinski definition) is 5. The van der Waals surface area contributed by atoms with E-state index in [1.165, 1.54) is 4.68 Å². The average molecular weight is 352 g/mol. The summed E-state index contributed by atoms with van der Waals surface area (Å²) in [7, 11) is 1.64. The SMILES string of the molecule is COc1ccc(C[n+]2[nH]nc3c2C(=O)OC3=O)cc1C(C)(C)C.[Cl-]. The first-order valence-electron chi connectivity index (χ1n) is 7.23. The predicted octanol–water partition coefficient (Wildman–Crippen LogP) is -1.63. The van der Waals surface area contributed by atoms with Gasteiger partial charge in [-0.1, -0.05) is 32.1 Å². The number of ether oxygens (including phenoxy) is 2. The molecule has 0 saturated heterocycles. The molecule has 1 N–H and O–H groups in total. The Morgan fingerprint density at radius 1 is 1.25 bits per heavy atom. The van der Waals surface area contributed by atoms with E-state index in [9.17, 15) is 9.59 Å². The van der Waals surface area contributed by atoms with Crippen LogP contribution in [0.5, 0.6) is 5.75 Å². The van der Waals surface area contributed by atoms with Gasteiger partial charge in [-0.2, -0.15) is 0 Å². The molecule has 0 amide bonds.